The van der Waals surface area contributed by atoms with Crippen LogP contribution in [0.1, 0.15) is 48.9 Å². The zero-order valence-corrected chi connectivity index (χ0v) is 13.3. The standard InChI is InChI=1S/C18H25NO3/c1-22-16-8-4-7-15(17(16)20)18(21)19-11-9-14(10-12-19)13-5-2-3-6-13/h4,7-8,13-14,20H,2-3,5-6,9-12H2,1H3. The molecule has 2 fully saturated rings. The van der Waals surface area contributed by atoms with Crippen molar-refractivity contribution in [2.24, 2.45) is 11.8 Å². The van der Waals surface area contributed by atoms with Gasteiger partial charge in [0.2, 0.25) is 0 Å². The Morgan fingerprint density at radius 2 is 1.77 bits per heavy atom. The van der Waals surface area contributed by atoms with Gasteiger partial charge in [0.15, 0.2) is 11.5 Å². The van der Waals surface area contributed by atoms with Gasteiger partial charge < -0.3 is 14.7 Å². The third-order valence-corrected chi connectivity index (χ3v) is 5.34. The quantitative estimate of drug-likeness (QED) is 0.930. The van der Waals surface area contributed by atoms with Crippen LogP contribution in [0.25, 0.3) is 0 Å². The van der Waals surface area contributed by atoms with Gasteiger partial charge in [-0.3, -0.25) is 4.79 Å². The molecule has 1 aliphatic carbocycles. The van der Waals surface area contributed by atoms with Crippen LogP contribution in [0.4, 0.5) is 0 Å². The van der Waals surface area contributed by atoms with Crippen molar-refractivity contribution in [1.82, 2.24) is 4.90 Å². The number of carbonyl (C=O) groups excluding carboxylic acids is 1. The van der Waals surface area contributed by atoms with E-state index in [2.05, 4.69) is 0 Å². The monoisotopic (exact) mass is 303 g/mol. The number of rotatable bonds is 3. The van der Waals surface area contributed by atoms with Gasteiger partial charge in [-0.25, -0.2) is 0 Å². The number of carbonyl (C=O) groups is 1. The van der Waals surface area contributed by atoms with Crippen LogP contribution in [-0.2, 0) is 0 Å². The number of amides is 1. The number of aromatic hydroxyl groups is 1. The van der Waals surface area contributed by atoms with Crippen molar-refractivity contribution in [3.05, 3.63) is 23.8 Å². The first-order valence-electron chi connectivity index (χ1n) is 8.36. The molecule has 4 heteroatoms. The normalized spacial score (nSPS) is 20.3. The number of phenolic OH excluding ortho intramolecular Hbond substituents is 1. The Kier molecular flexibility index (Phi) is 4.55. The maximum atomic E-state index is 12.6. The van der Waals surface area contributed by atoms with Crippen LogP contribution in [0.3, 0.4) is 0 Å². The van der Waals surface area contributed by atoms with E-state index >= 15 is 0 Å². The van der Waals surface area contributed by atoms with Crippen molar-refractivity contribution in [1.29, 1.82) is 0 Å². The second-order valence-corrected chi connectivity index (χ2v) is 6.53. The molecule has 1 aromatic carbocycles. The lowest BCUT2D eigenvalue weighted by molar-refractivity contribution is 0.0655. The highest BCUT2D eigenvalue weighted by Crippen LogP contribution is 2.37. The van der Waals surface area contributed by atoms with E-state index in [9.17, 15) is 9.90 Å². The molecule has 2 aliphatic rings. The molecule has 1 N–H and O–H groups in total. The predicted molar refractivity (Wildman–Crippen MR) is 85.2 cm³/mol. The van der Waals surface area contributed by atoms with Crippen LogP contribution >= 0.6 is 0 Å². The summed E-state index contributed by atoms with van der Waals surface area (Å²) in [5.41, 5.74) is 0.346. The van der Waals surface area contributed by atoms with E-state index in [0.717, 1.165) is 37.8 Å². The van der Waals surface area contributed by atoms with E-state index in [1.165, 1.54) is 32.8 Å². The highest BCUT2D eigenvalue weighted by atomic mass is 16.5. The Hall–Kier alpha value is -1.71. The van der Waals surface area contributed by atoms with Crippen molar-refractivity contribution in [3.63, 3.8) is 0 Å². The molecule has 0 spiro atoms. The summed E-state index contributed by atoms with van der Waals surface area (Å²) in [5, 5.41) is 10.1. The zero-order valence-electron chi connectivity index (χ0n) is 13.3. The van der Waals surface area contributed by atoms with Gasteiger partial charge in [0.05, 0.1) is 12.7 Å². The second-order valence-electron chi connectivity index (χ2n) is 6.53. The van der Waals surface area contributed by atoms with Crippen molar-refractivity contribution in [2.75, 3.05) is 20.2 Å². The average Bonchev–Trinajstić information content (AvgIpc) is 3.09. The lowest BCUT2D eigenvalue weighted by atomic mass is 9.83. The minimum atomic E-state index is -0.0822. The smallest absolute Gasteiger partial charge is 0.257 e. The molecule has 0 radical (unpaired) electrons. The first-order valence-corrected chi connectivity index (χ1v) is 8.36. The first-order chi connectivity index (χ1) is 10.7. The van der Waals surface area contributed by atoms with Crippen molar-refractivity contribution in [2.45, 2.75) is 38.5 Å². The summed E-state index contributed by atoms with van der Waals surface area (Å²) >= 11 is 0. The summed E-state index contributed by atoms with van der Waals surface area (Å²) in [4.78, 5) is 14.5. The lowest BCUT2D eigenvalue weighted by Gasteiger charge is -2.35. The number of phenols is 1. The van der Waals surface area contributed by atoms with Crippen molar-refractivity contribution in [3.8, 4) is 11.5 Å². The van der Waals surface area contributed by atoms with E-state index in [4.69, 9.17) is 4.74 Å². The Balaban J connectivity index is 1.64. The number of nitrogens with zero attached hydrogens (tertiary/aromatic N) is 1. The minimum Gasteiger partial charge on any atom is -0.504 e. The molecule has 0 bridgehead atoms. The fourth-order valence-electron chi connectivity index (χ4n) is 4.03. The van der Waals surface area contributed by atoms with Crippen LogP contribution in [0.2, 0.25) is 0 Å². The first kappa shape index (κ1) is 15.2. The third-order valence-electron chi connectivity index (χ3n) is 5.34. The van der Waals surface area contributed by atoms with Gasteiger partial charge >= 0.3 is 0 Å². The van der Waals surface area contributed by atoms with E-state index in [-0.39, 0.29) is 11.7 Å². The number of benzene rings is 1. The van der Waals surface area contributed by atoms with E-state index in [0.29, 0.717) is 11.3 Å². The van der Waals surface area contributed by atoms with Crippen LogP contribution in [0, 0.1) is 11.8 Å². The van der Waals surface area contributed by atoms with Crippen LogP contribution < -0.4 is 4.74 Å². The molecule has 0 aromatic heterocycles. The molecular formula is C18H25NO3. The number of likely N-dealkylation sites (tertiary alicyclic amines) is 1. The highest BCUT2D eigenvalue weighted by Gasteiger charge is 2.31. The van der Waals surface area contributed by atoms with Crippen molar-refractivity contribution >= 4 is 5.91 Å². The second kappa shape index (κ2) is 6.59. The molecule has 1 heterocycles. The molecule has 1 amide bonds. The highest BCUT2D eigenvalue weighted by molar-refractivity contribution is 5.97. The molecule has 0 atom stereocenters. The summed E-state index contributed by atoms with van der Waals surface area (Å²) in [6.07, 6.45) is 7.69. The van der Waals surface area contributed by atoms with Gasteiger partial charge in [-0.1, -0.05) is 31.7 Å². The summed E-state index contributed by atoms with van der Waals surface area (Å²) in [7, 11) is 1.50. The van der Waals surface area contributed by atoms with Gasteiger partial charge in [-0.2, -0.15) is 0 Å². The minimum absolute atomic E-state index is 0.0482. The van der Waals surface area contributed by atoms with Gasteiger partial charge in [0, 0.05) is 13.1 Å². The number of piperidine rings is 1. The molecular weight excluding hydrogens is 278 g/mol. The van der Waals surface area contributed by atoms with Gasteiger partial charge in [-0.05, 0) is 36.8 Å². The Morgan fingerprint density at radius 3 is 2.41 bits per heavy atom. The van der Waals surface area contributed by atoms with Crippen molar-refractivity contribution < 1.29 is 14.6 Å². The molecule has 4 nitrogen and oxygen atoms in total. The molecule has 1 aliphatic heterocycles. The Bertz CT molecular complexity index is 529. The summed E-state index contributed by atoms with van der Waals surface area (Å²) in [6.45, 7) is 1.60. The SMILES string of the molecule is COc1cccc(C(=O)N2CCC(C3CCCC3)CC2)c1O. The van der Waals surface area contributed by atoms with E-state index < -0.39 is 0 Å². The molecule has 0 unspecified atom stereocenters. The number of ether oxygens (including phenoxy) is 1. The van der Waals surface area contributed by atoms with Crippen LogP contribution in [0.15, 0.2) is 18.2 Å². The maximum Gasteiger partial charge on any atom is 0.257 e. The van der Waals surface area contributed by atoms with Crippen LogP contribution in [-0.4, -0.2) is 36.1 Å². The Morgan fingerprint density at radius 1 is 1.14 bits per heavy atom. The molecule has 1 aromatic rings. The summed E-state index contributed by atoms with van der Waals surface area (Å²) < 4.78 is 5.09. The predicted octanol–water partition coefficient (Wildman–Crippen LogP) is 3.44. The fraction of sp³-hybridized carbons (Fsp3) is 0.611. The average molecular weight is 303 g/mol. The van der Waals surface area contributed by atoms with Gasteiger partial charge in [0.25, 0.3) is 5.91 Å². The van der Waals surface area contributed by atoms with E-state index in [1.54, 1.807) is 18.2 Å². The molecule has 22 heavy (non-hydrogen) atoms. The topological polar surface area (TPSA) is 49.8 Å². The lowest BCUT2D eigenvalue weighted by Crippen LogP contribution is -2.39. The maximum absolute atomic E-state index is 12.6. The summed E-state index contributed by atoms with van der Waals surface area (Å²) in [5.74, 6) is 1.88. The fourth-order valence-corrected chi connectivity index (χ4v) is 4.03. The van der Waals surface area contributed by atoms with Crippen LogP contribution in [0.5, 0.6) is 11.5 Å². The third kappa shape index (κ3) is 2.92. The largest absolute Gasteiger partial charge is 0.504 e. The van der Waals surface area contributed by atoms with Gasteiger partial charge in [-0.15, -0.1) is 0 Å². The van der Waals surface area contributed by atoms with Gasteiger partial charge in [0.1, 0.15) is 0 Å². The zero-order chi connectivity index (χ0) is 15.5. The molecule has 1 saturated heterocycles. The summed E-state index contributed by atoms with van der Waals surface area (Å²) in [6, 6.07) is 5.08. The molecule has 3 rings (SSSR count). The number of hydrogen-bond acceptors (Lipinski definition) is 3. The number of methoxy groups -OCH3 is 1. The molecule has 120 valence electrons. The number of hydrogen-bond donors (Lipinski definition) is 1. The Labute approximate surface area is 132 Å². The van der Waals surface area contributed by atoms with E-state index in [1.807, 2.05) is 4.90 Å². The number of para-hydroxylation sites is 1. The molecule has 1 saturated carbocycles.